The molecule has 96 valence electrons. The summed E-state index contributed by atoms with van der Waals surface area (Å²) in [7, 11) is 0. The third-order valence-corrected chi connectivity index (χ3v) is 2.60. The molecule has 1 aliphatic heterocycles. The number of anilines is 1. The van der Waals surface area contributed by atoms with Gasteiger partial charge in [0.2, 0.25) is 5.91 Å². The molecular formula is C11H17Cl2N3O. The summed E-state index contributed by atoms with van der Waals surface area (Å²) < 4.78 is 0. The molecule has 1 unspecified atom stereocenters. The van der Waals surface area contributed by atoms with E-state index in [0.29, 0.717) is 5.82 Å². The molecule has 0 spiro atoms. The van der Waals surface area contributed by atoms with Crippen molar-refractivity contribution < 1.29 is 4.79 Å². The Morgan fingerprint density at radius 3 is 2.88 bits per heavy atom. The Balaban J connectivity index is 0.00000128. The summed E-state index contributed by atoms with van der Waals surface area (Å²) in [5, 5.41) is 6.00. The molecule has 1 aromatic rings. The molecule has 0 bridgehead atoms. The van der Waals surface area contributed by atoms with Crippen molar-refractivity contribution in [1.29, 1.82) is 0 Å². The smallest absolute Gasteiger partial charge is 0.229 e. The molecular weight excluding hydrogens is 261 g/mol. The van der Waals surface area contributed by atoms with Gasteiger partial charge in [0.25, 0.3) is 0 Å². The minimum Gasteiger partial charge on any atom is -0.316 e. The zero-order chi connectivity index (χ0) is 10.7. The minimum atomic E-state index is 0. The lowest BCUT2D eigenvalue weighted by molar-refractivity contribution is -0.119. The van der Waals surface area contributed by atoms with Crippen LogP contribution in [0.2, 0.25) is 0 Å². The molecule has 1 saturated heterocycles. The van der Waals surface area contributed by atoms with Gasteiger partial charge in [-0.3, -0.25) is 4.79 Å². The molecule has 0 aromatic carbocycles. The standard InChI is InChI=1S/C11H15N3O.2ClH/c1-8-2-5-13-10(6-8)14-11(15)9-3-4-12-7-9;;/h2,5-6,9,12H,3-4,7H2,1H3,(H,13,14,15);2*1H. The molecule has 1 aliphatic rings. The van der Waals surface area contributed by atoms with Gasteiger partial charge in [0.1, 0.15) is 5.82 Å². The van der Waals surface area contributed by atoms with E-state index in [4.69, 9.17) is 0 Å². The van der Waals surface area contributed by atoms with Gasteiger partial charge in [-0.1, -0.05) is 0 Å². The molecule has 2 N–H and O–H groups in total. The topological polar surface area (TPSA) is 54.0 Å². The highest BCUT2D eigenvalue weighted by atomic mass is 35.5. The largest absolute Gasteiger partial charge is 0.316 e. The number of rotatable bonds is 2. The van der Waals surface area contributed by atoms with Gasteiger partial charge in [-0.25, -0.2) is 4.98 Å². The first-order valence-electron chi connectivity index (χ1n) is 5.20. The van der Waals surface area contributed by atoms with Crippen molar-refractivity contribution in [2.45, 2.75) is 13.3 Å². The highest BCUT2D eigenvalue weighted by Gasteiger charge is 2.22. The van der Waals surface area contributed by atoms with Crippen molar-refractivity contribution in [3.8, 4) is 0 Å². The number of hydrogen-bond acceptors (Lipinski definition) is 3. The number of carbonyl (C=O) groups is 1. The van der Waals surface area contributed by atoms with Gasteiger partial charge in [-0.15, -0.1) is 24.8 Å². The first-order chi connectivity index (χ1) is 7.25. The van der Waals surface area contributed by atoms with E-state index >= 15 is 0 Å². The van der Waals surface area contributed by atoms with Crippen molar-refractivity contribution in [2.75, 3.05) is 18.4 Å². The Morgan fingerprint density at radius 2 is 2.29 bits per heavy atom. The maximum Gasteiger partial charge on any atom is 0.229 e. The van der Waals surface area contributed by atoms with Crippen LogP contribution in [0.15, 0.2) is 18.3 Å². The Bertz CT molecular complexity index is 367. The van der Waals surface area contributed by atoms with Crippen LogP contribution in [-0.2, 0) is 4.79 Å². The van der Waals surface area contributed by atoms with Crippen LogP contribution in [0.5, 0.6) is 0 Å². The summed E-state index contributed by atoms with van der Waals surface area (Å²) in [5.74, 6) is 0.803. The summed E-state index contributed by atoms with van der Waals surface area (Å²) >= 11 is 0. The third-order valence-electron chi connectivity index (χ3n) is 2.60. The van der Waals surface area contributed by atoms with Crippen LogP contribution in [0.25, 0.3) is 0 Å². The quantitative estimate of drug-likeness (QED) is 0.867. The van der Waals surface area contributed by atoms with Gasteiger partial charge in [0, 0.05) is 12.7 Å². The second-order valence-corrected chi connectivity index (χ2v) is 3.90. The number of nitrogens with one attached hydrogen (secondary N) is 2. The molecule has 4 nitrogen and oxygen atoms in total. The average molecular weight is 278 g/mol. The van der Waals surface area contributed by atoms with E-state index in [1.807, 2.05) is 19.1 Å². The number of halogens is 2. The van der Waals surface area contributed by atoms with E-state index in [0.717, 1.165) is 25.1 Å². The van der Waals surface area contributed by atoms with Crippen LogP contribution in [0.4, 0.5) is 5.82 Å². The van der Waals surface area contributed by atoms with Gasteiger partial charge >= 0.3 is 0 Å². The maximum absolute atomic E-state index is 11.7. The number of aromatic nitrogens is 1. The summed E-state index contributed by atoms with van der Waals surface area (Å²) in [6, 6.07) is 3.78. The number of aryl methyl sites for hydroxylation is 1. The summed E-state index contributed by atoms with van der Waals surface area (Å²) in [4.78, 5) is 15.8. The number of pyridine rings is 1. The molecule has 0 radical (unpaired) electrons. The van der Waals surface area contributed by atoms with E-state index in [1.54, 1.807) is 6.20 Å². The Morgan fingerprint density at radius 1 is 1.53 bits per heavy atom. The second kappa shape index (κ2) is 7.48. The summed E-state index contributed by atoms with van der Waals surface area (Å²) in [6.45, 7) is 3.69. The molecule has 6 heteroatoms. The molecule has 0 saturated carbocycles. The van der Waals surface area contributed by atoms with Gasteiger partial charge in [0.15, 0.2) is 0 Å². The molecule has 2 rings (SSSR count). The number of carbonyl (C=O) groups excluding carboxylic acids is 1. The van der Waals surface area contributed by atoms with Crippen LogP contribution in [0.1, 0.15) is 12.0 Å². The molecule has 1 aromatic heterocycles. The van der Waals surface area contributed by atoms with Crippen molar-refractivity contribution >= 4 is 36.5 Å². The van der Waals surface area contributed by atoms with Crippen LogP contribution in [-0.4, -0.2) is 24.0 Å². The highest BCUT2D eigenvalue weighted by Crippen LogP contribution is 2.11. The monoisotopic (exact) mass is 277 g/mol. The Hall–Kier alpha value is -0.840. The molecule has 0 aliphatic carbocycles. The first kappa shape index (κ1) is 16.2. The number of nitrogens with zero attached hydrogens (tertiary/aromatic N) is 1. The van der Waals surface area contributed by atoms with E-state index in [2.05, 4.69) is 15.6 Å². The highest BCUT2D eigenvalue weighted by molar-refractivity contribution is 5.92. The van der Waals surface area contributed by atoms with Gasteiger partial charge in [-0.2, -0.15) is 0 Å². The fourth-order valence-corrected chi connectivity index (χ4v) is 1.71. The first-order valence-corrected chi connectivity index (χ1v) is 5.20. The van der Waals surface area contributed by atoms with Crippen molar-refractivity contribution in [1.82, 2.24) is 10.3 Å². The fourth-order valence-electron chi connectivity index (χ4n) is 1.71. The summed E-state index contributed by atoms with van der Waals surface area (Å²) in [6.07, 6.45) is 2.62. The second-order valence-electron chi connectivity index (χ2n) is 3.90. The fraction of sp³-hybridized carbons (Fsp3) is 0.455. The number of amides is 1. The number of hydrogen-bond donors (Lipinski definition) is 2. The normalized spacial score (nSPS) is 17.8. The lowest BCUT2D eigenvalue weighted by atomic mass is 10.1. The van der Waals surface area contributed by atoms with E-state index in [-0.39, 0.29) is 36.6 Å². The van der Waals surface area contributed by atoms with Crippen LogP contribution >= 0.6 is 24.8 Å². The minimum absolute atomic E-state index is 0. The molecule has 1 amide bonds. The molecule has 17 heavy (non-hydrogen) atoms. The summed E-state index contributed by atoms with van der Waals surface area (Å²) in [5.41, 5.74) is 1.10. The predicted molar refractivity (Wildman–Crippen MR) is 73.1 cm³/mol. The van der Waals surface area contributed by atoms with E-state index in [1.165, 1.54) is 0 Å². The SMILES string of the molecule is Cc1ccnc(NC(=O)C2CCNC2)c1.Cl.Cl. The lowest BCUT2D eigenvalue weighted by Gasteiger charge is -2.09. The van der Waals surface area contributed by atoms with Gasteiger partial charge in [0.05, 0.1) is 5.92 Å². The molecule has 1 atom stereocenters. The van der Waals surface area contributed by atoms with Gasteiger partial charge < -0.3 is 10.6 Å². The van der Waals surface area contributed by atoms with Gasteiger partial charge in [-0.05, 0) is 37.6 Å². The van der Waals surface area contributed by atoms with Crippen LogP contribution < -0.4 is 10.6 Å². The van der Waals surface area contributed by atoms with Crippen molar-refractivity contribution in [2.24, 2.45) is 5.92 Å². The van der Waals surface area contributed by atoms with Crippen molar-refractivity contribution in [3.63, 3.8) is 0 Å². The third kappa shape index (κ3) is 4.50. The van der Waals surface area contributed by atoms with Crippen LogP contribution in [0.3, 0.4) is 0 Å². The average Bonchev–Trinajstić information content (AvgIpc) is 2.70. The van der Waals surface area contributed by atoms with E-state index < -0.39 is 0 Å². The maximum atomic E-state index is 11.7. The Kier molecular flexibility index (Phi) is 7.11. The lowest BCUT2D eigenvalue weighted by Crippen LogP contribution is -2.25. The van der Waals surface area contributed by atoms with Crippen molar-refractivity contribution in [3.05, 3.63) is 23.9 Å². The zero-order valence-electron chi connectivity index (χ0n) is 9.60. The van der Waals surface area contributed by atoms with Crippen LogP contribution in [0, 0.1) is 12.8 Å². The molecule has 2 heterocycles. The predicted octanol–water partition coefficient (Wildman–Crippen LogP) is 1.78. The molecule has 1 fully saturated rings. The Labute approximate surface area is 113 Å². The zero-order valence-corrected chi connectivity index (χ0v) is 11.2. The van der Waals surface area contributed by atoms with E-state index in [9.17, 15) is 4.79 Å².